The van der Waals surface area contributed by atoms with E-state index in [-0.39, 0.29) is 5.91 Å². The average Bonchev–Trinajstić information content (AvgIpc) is 2.89. The molecule has 0 aromatic heterocycles. The first-order valence-electron chi connectivity index (χ1n) is 7.15. The van der Waals surface area contributed by atoms with Gasteiger partial charge in [-0.2, -0.15) is 0 Å². The van der Waals surface area contributed by atoms with Gasteiger partial charge in [0.25, 0.3) is 11.8 Å². The molecule has 23 heavy (non-hydrogen) atoms. The summed E-state index contributed by atoms with van der Waals surface area (Å²) in [6, 6.07) is 16.5. The zero-order valence-corrected chi connectivity index (χ0v) is 12.9. The third-order valence-electron chi connectivity index (χ3n) is 3.76. The maximum atomic E-state index is 12.3. The highest BCUT2D eigenvalue weighted by Gasteiger charge is 2.33. The van der Waals surface area contributed by atoms with Crippen LogP contribution in [0.5, 0.6) is 5.75 Å². The number of nitrogens with zero attached hydrogens (tertiary/aromatic N) is 1. The molecule has 1 N–H and O–H groups in total. The van der Waals surface area contributed by atoms with Crippen molar-refractivity contribution in [2.45, 2.75) is 0 Å². The molecule has 0 radical (unpaired) electrons. The molecule has 0 saturated carbocycles. The SMILES string of the molecule is COc1ccc(N(C)C2=C(c3ccccc3)C(=O)NC2=O)cc1. The number of nitrogens with one attached hydrogen (secondary N) is 1. The molecule has 5 heteroatoms. The lowest BCUT2D eigenvalue weighted by molar-refractivity contribution is -0.123. The van der Waals surface area contributed by atoms with E-state index in [0.717, 1.165) is 11.4 Å². The second-order valence-electron chi connectivity index (χ2n) is 5.13. The largest absolute Gasteiger partial charge is 0.497 e. The molecule has 0 bridgehead atoms. The fourth-order valence-corrected chi connectivity index (χ4v) is 2.57. The third kappa shape index (κ3) is 2.68. The molecule has 0 aliphatic carbocycles. The zero-order valence-electron chi connectivity index (χ0n) is 12.9. The number of anilines is 1. The van der Waals surface area contributed by atoms with Crippen molar-refractivity contribution in [1.82, 2.24) is 5.32 Å². The number of imide groups is 1. The van der Waals surface area contributed by atoms with Crippen LogP contribution in [0.1, 0.15) is 5.56 Å². The third-order valence-corrected chi connectivity index (χ3v) is 3.76. The lowest BCUT2D eigenvalue weighted by atomic mass is 10.0. The molecule has 1 heterocycles. The molecular formula is C18H16N2O3. The maximum Gasteiger partial charge on any atom is 0.275 e. The number of ether oxygens (including phenoxy) is 1. The number of hydrogen-bond acceptors (Lipinski definition) is 4. The van der Waals surface area contributed by atoms with Crippen LogP contribution in [0.15, 0.2) is 60.3 Å². The van der Waals surface area contributed by atoms with E-state index in [1.54, 1.807) is 19.1 Å². The molecule has 5 nitrogen and oxygen atoms in total. The molecule has 3 rings (SSSR count). The molecule has 0 fully saturated rings. The molecule has 0 spiro atoms. The maximum absolute atomic E-state index is 12.3. The Morgan fingerprint density at radius 2 is 1.57 bits per heavy atom. The van der Waals surface area contributed by atoms with E-state index in [1.807, 2.05) is 54.6 Å². The number of carbonyl (C=O) groups excluding carboxylic acids is 2. The smallest absolute Gasteiger partial charge is 0.275 e. The van der Waals surface area contributed by atoms with E-state index in [2.05, 4.69) is 5.32 Å². The molecule has 1 aliphatic heterocycles. The van der Waals surface area contributed by atoms with Gasteiger partial charge in [-0.25, -0.2) is 0 Å². The lowest BCUT2D eigenvalue weighted by Gasteiger charge is -2.20. The number of benzene rings is 2. The minimum Gasteiger partial charge on any atom is -0.497 e. The van der Waals surface area contributed by atoms with Gasteiger partial charge in [0, 0.05) is 12.7 Å². The fourth-order valence-electron chi connectivity index (χ4n) is 2.57. The van der Waals surface area contributed by atoms with Crippen molar-refractivity contribution in [2.75, 3.05) is 19.1 Å². The van der Waals surface area contributed by atoms with Crippen LogP contribution in [0.3, 0.4) is 0 Å². The van der Waals surface area contributed by atoms with E-state index in [1.165, 1.54) is 0 Å². The summed E-state index contributed by atoms with van der Waals surface area (Å²) in [6.45, 7) is 0. The lowest BCUT2D eigenvalue weighted by Crippen LogP contribution is -2.28. The number of carbonyl (C=O) groups is 2. The van der Waals surface area contributed by atoms with Crippen molar-refractivity contribution in [3.63, 3.8) is 0 Å². The highest BCUT2D eigenvalue weighted by Crippen LogP contribution is 2.29. The van der Waals surface area contributed by atoms with Crippen LogP contribution in [0, 0.1) is 0 Å². The quantitative estimate of drug-likeness (QED) is 0.880. The summed E-state index contributed by atoms with van der Waals surface area (Å²) in [5, 5.41) is 2.37. The molecule has 1 aliphatic rings. The molecule has 0 unspecified atom stereocenters. The first-order valence-corrected chi connectivity index (χ1v) is 7.15. The number of methoxy groups -OCH3 is 1. The molecule has 2 aromatic rings. The van der Waals surface area contributed by atoms with Gasteiger partial charge in [-0.05, 0) is 29.8 Å². The summed E-state index contributed by atoms with van der Waals surface area (Å²) in [5.41, 5.74) is 2.23. The minimum absolute atomic E-state index is 0.339. The first-order chi connectivity index (χ1) is 11.1. The summed E-state index contributed by atoms with van der Waals surface area (Å²) in [4.78, 5) is 26.2. The summed E-state index contributed by atoms with van der Waals surface area (Å²) in [6.07, 6.45) is 0. The molecule has 116 valence electrons. The predicted octanol–water partition coefficient (Wildman–Crippen LogP) is 2.20. The average molecular weight is 308 g/mol. The predicted molar refractivity (Wildman–Crippen MR) is 87.9 cm³/mol. The van der Waals surface area contributed by atoms with Gasteiger partial charge in [0.15, 0.2) is 0 Å². The fraction of sp³-hybridized carbons (Fsp3) is 0.111. The molecule has 0 atom stereocenters. The van der Waals surface area contributed by atoms with Crippen molar-refractivity contribution < 1.29 is 14.3 Å². The molecule has 2 amide bonds. The number of rotatable bonds is 4. The Labute approximate surface area is 134 Å². The Hall–Kier alpha value is -3.08. The van der Waals surface area contributed by atoms with E-state index >= 15 is 0 Å². The van der Waals surface area contributed by atoms with Crippen molar-refractivity contribution >= 4 is 23.1 Å². The van der Waals surface area contributed by atoms with Gasteiger partial charge in [-0.1, -0.05) is 30.3 Å². The van der Waals surface area contributed by atoms with Crippen LogP contribution >= 0.6 is 0 Å². The van der Waals surface area contributed by atoms with Crippen molar-refractivity contribution in [2.24, 2.45) is 0 Å². The van der Waals surface area contributed by atoms with Gasteiger partial charge < -0.3 is 9.64 Å². The van der Waals surface area contributed by atoms with E-state index < -0.39 is 5.91 Å². The Balaban J connectivity index is 2.07. The summed E-state index contributed by atoms with van der Waals surface area (Å²) in [5.74, 6) is -0.0462. The van der Waals surface area contributed by atoms with Crippen LogP contribution in [0.25, 0.3) is 5.57 Å². The summed E-state index contributed by atoms with van der Waals surface area (Å²) < 4.78 is 5.14. The molecule has 0 saturated heterocycles. The van der Waals surface area contributed by atoms with Crippen LogP contribution in [0.4, 0.5) is 5.69 Å². The minimum atomic E-state index is -0.396. The van der Waals surface area contributed by atoms with Crippen molar-refractivity contribution in [3.8, 4) is 5.75 Å². The van der Waals surface area contributed by atoms with Crippen LogP contribution in [-0.4, -0.2) is 26.0 Å². The monoisotopic (exact) mass is 308 g/mol. The second-order valence-corrected chi connectivity index (χ2v) is 5.13. The first kappa shape index (κ1) is 14.8. The number of amides is 2. The topological polar surface area (TPSA) is 58.6 Å². The Morgan fingerprint density at radius 3 is 2.17 bits per heavy atom. The highest BCUT2D eigenvalue weighted by molar-refractivity contribution is 6.36. The van der Waals surface area contributed by atoms with E-state index in [9.17, 15) is 9.59 Å². The second kappa shape index (κ2) is 5.96. The van der Waals surface area contributed by atoms with Gasteiger partial charge in [-0.15, -0.1) is 0 Å². The Kier molecular flexibility index (Phi) is 3.85. The van der Waals surface area contributed by atoms with Gasteiger partial charge in [0.1, 0.15) is 11.4 Å². The summed E-state index contributed by atoms with van der Waals surface area (Å²) in [7, 11) is 3.36. The normalized spacial score (nSPS) is 14.0. The van der Waals surface area contributed by atoms with Crippen molar-refractivity contribution in [1.29, 1.82) is 0 Å². The standard InChI is InChI=1S/C18H16N2O3/c1-20(13-8-10-14(23-2)11-9-13)16-15(17(21)19-18(16)22)12-6-4-3-5-7-12/h3-11H,1-2H3,(H,19,21,22). The van der Waals surface area contributed by atoms with Crippen molar-refractivity contribution in [3.05, 3.63) is 65.9 Å². The zero-order chi connectivity index (χ0) is 16.4. The van der Waals surface area contributed by atoms with Crippen LogP contribution < -0.4 is 15.0 Å². The van der Waals surface area contributed by atoms with E-state index in [4.69, 9.17) is 4.74 Å². The molecular weight excluding hydrogens is 292 g/mol. The van der Waals surface area contributed by atoms with Gasteiger partial charge in [0.2, 0.25) is 0 Å². The van der Waals surface area contributed by atoms with Crippen LogP contribution in [0.2, 0.25) is 0 Å². The van der Waals surface area contributed by atoms with Gasteiger partial charge >= 0.3 is 0 Å². The number of hydrogen-bond donors (Lipinski definition) is 1. The van der Waals surface area contributed by atoms with Gasteiger partial charge in [-0.3, -0.25) is 14.9 Å². The molecule has 2 aromatic carbocycles. The Bertz CT molecular complexity index is 780. The number of likely N-dealkylation sites (N-methyl/N-ethyl adjacent to an activating group) is 1. The highest BCUT2D eigenvalue weighted by atomic mass is 16.5. The Morgan fingerprint density at radius 1 is 0.913 bits per heavy atom. The van der Waals surface area contributed by atoms with Crippen LogP contribution in [-0.2, 0) is 9.59 Å². The summed E-state index contributed by atoms with van der Waals surface area (Å²) >= 11 is 0. The van der Waals surface area contributed by atoms with E-state index in [0.29, 0.717) is 16.8 Å². The van der Waals surface area contributed by atoms with Gasteiger partial charge in [0.05, 0.1) is 12.7 Å².